The highest BCUT2D eigenvalue weighted by Crippen LogP contribution is 2.35. The number of rotatable bonds is 4. The van der Waals surface area contributed by atoms with Crippen LogP contribution in [0.1, 0.15) is 38.1 Å². The van der Waals surface area contributed by atoms with Crippen molar-refractivity contribution >= 4 is 34.7 Å². The number of hydrogen-bond acceptors (Lipinski definition) is 4. The normalized spacial score (nSPS) is 18.7. The lowest BCUT2D eigenvalue weighted by molar-refractivity contribution is -0.124. The molecule has 25 heavy (non-hydrogen) atoms. The van der Waals surface area contributed by atoms with Gasteiger partial charge in [0.2, 0.25) is 5.91 Å². The van der Waals surface area contributed by atoms with Gasteiger partial charge in [-0.1, -0.05) is 43.2 Å². The number of benzene rings is 1. The van der Waals surface area contributed by atoms with E-state index < -0.39 is 0 Å². The number of nitrogens with zero attached hydrogens (tertiary/aromatic N) is 3. The molecule has 1 aromatic heterocycles. The molecule has 2 aliphatic rings. The molecule has 1 aliphatic heterocycles. The molecule has 1 N–H and O–H groups in total. The minimum absolute atomic E-state index is 0.151. The Balaban J connectivity index is 1.58. The van der Waals surface area contributed by atoms with Crippen molar-refractivity contribution in [3.05, 3.63) is 24.3 Å². The van der Waals surface area contributed by atoms with E-state index >= 15 is 0 Å². The van der Waals surface area contributed by atoms with Crippen LogP contribution in [0.4, 0.5) is 4.79 Å². The minimum atomic E-state index is -0.286. The molecule has 3 amide bonds. The standard InChI is InChI=1S/C18H22N4O2S/c23-16(21-11-10-19-17(21)24)12-25-18-20-14-8-4-5-9-15(14)22(18)13-6-2-1-3-7-13/h4-5,8-9,13H,1-3,6-7,10-12H2,(H,19,24). The maximum Gasteiger partial charge on any atom is 0.324 e. The molecule has 2 heterocycles. The summed E-state index contributed by atoms with van der Waals surface area (Å²) in [7, 11) is 0. The minimum Gasteiger partial charge on any atom is -0.336 e. The number of carbonyl (C=O) groups excluding carboxylic acids is 2. The largest absolute Gasteiger partial charge is 0.336 e. The van der Waals surface area contributed by atoms with E-state index in [9.17, 15) is 9.59 Å². The van der Waals surface area contributed by atoms with Gasteiger partial charge in [0.15, 0.2) is 5.16 Å². The second-order valence-electron chi connectivity index (χ2n) is 6.61. The topological polar surface area (TPSA) is 67.2 Å². The van der Waals surface area contributed by atoms with Gasteiger partial charge in [-0.2, -0.15) is 0 Å². The van der Waals surface area contributed by atoms with Gasteiger partial charge in [-0.25, -0.2) is 9.78 Å². The Labute approximate surface area is 151 Å². The maximum absolute atomic E-state index is 12.3. The number of nitrogens with one attached hydrogen (secondary N) is 1. The Bertz CT molecular complexity index is 797. The summed E-state index contributed by atoms with van der Waals surface area (Å²) in [5.74, 6) is 0.0889. The molecule has 1 saturated heterocycles. The Hall–Kier alpha value is -2.02. The quantitative estimate of drug-likeness (QED) is 0.853. The Kier molecular flexibility index (Phi) is 4.65. The van der Waals surface area contributed by atoms with Crippen molar-refractivity contribution in [2.75, 3.05) is 18.8 Å². The van der Waals surface area contributed by atoms with Crippen LogP contribution in [-0.2, 0) is 4.79 Å². The maximum atomic E-state index is 12.3. The van der Waals surface area contributed by atoms with E-state index in [0.717, 1.165) is 29.0 Å². The Morgan fingerprint density at radius 1 is 1.24 bits per heavy atom. The van der Waals surface area contributed by atoms with Crippen LogP contribution in [0.2, 0.25) is 0 Å². The molecule has 132 valence electrons. The number of hydrogen-bond donors (Lipinski definition) is 1. The summed E-state index contributed by atoms with van der Waals surface area (Å²) in [5.41, 5.74) is 2.12. The monoisotopic (exact) mass is 358 g/mol. The zero-order valence-corrected chi connectivity index (χ0v) is 14.9. The lowest BCUT2D eigenvalue weighted by atomic mass is 9.95. The number of amides is 3. The molecule has 1 aromatic carbocycles. The highest BCUT2D eigenvalue weighted by Gasteiger charge is 2.27. The fraction of sp³-hybridized carbons (Fsp3) is 0.500. The highest BCUT2D eigenvalue weighted by molar-refractivity contribution is 7.99. The summed E-state index contributed by atoms with van der Waals surface area (Å²) in [6.45, 7) is 0.993. The second kappa shape index (κ2) is 7.07. The first-order valence-electron chi connectivity index (χ1n) is 8.92. The third-order valence-electron chi connectivity index (χ3n) is 4.99. The van der Waals surface area contributed by atoms with Crippen LogP contribution in [0, 0.1) is 0 Å². The lowest BCUT2D eigenvalue weighted by Crippen LogP contribution is -2.35. The van der Waals surface area contributed by atoms with E-state index in [4.69, 9.17) is 4.98 Å². The molecule has 6 nitrogen and oxygen atoms in total. The van der Waals surface area contributed by atoms with Gasteiger partial charge in [0, 0.05) is 19.1 Å². The average molecular weight is 358 g/mol. The second-order valence-corrected chi connectivity index (χ2v) is 7.55. The summed E-state index contributed by atoms with van der Waals surface area (Å²) in [4.78, 5) is 30.0. The molecule has 4 rings (SSSR count). The lowest BCUT2D eigenvalue weighted by Gasteiger charge is -2.25. The van der Waals surface area contributed by atoms with E-state index in [-0.39, 0.29) is 17.7 Å². The molecule has 0 spiro atoms. The van der Waals surface area contributed by atoms with Crippen molar-refractivity contribution in [1.29, 1.82) is 0 Å². The third-order valence-corrected chi connectivity index (χ3v) is 5.92. The van der Waals surface area contributed by atoms with E-state index in [1.165, 1.54) is 35.9 Å². The van der Waals surface area contributed by atoms with Gasteiger partial charge in [0.1, 0.15) is 0 Å². The number of imidazole rings is 1. The highest BCUT2D eigenvalue weighted by atomic mass is 32.2. The van der Waals surface area contributed by atoms with Crippen molar-refractivity contribution in [3.8, 4) is 0 Å². The zero-order valence-electron chi connectivity index (χ0n) is 14.1. The average Bonchev–Trinajstić information content (AvgIpc) is 3.23. The molecule has 0 bridgehead atoms. The molecular formula is C18H22N4O2S. The zero-order chi connectivity index (χ0) is 17.2. The number of para-hydroxylation sites is 2. The summed E-state index contributed by atoms with van der Waals surface area (Å²) in [6.07, 6.45) is 6.11. The van der Waals surface area contributed by atoms with Gasteiger partial charge in [-0.15, -0.1) is 0 Å². The van der Waals surface area contributed by atoms with Crippen LogP contribution < -0.4 is 5.32 Å². The first-order chi connectivity index (χ1) is 12.2. The number of carbonyl (C=O) groups is 2. The number of thioether (sulfide) groups is 1. The van der Waals surface area contributed by atoms with Crippen molar-refractivity contribution in [3.63, 3.8) is 0 Å². The molecule has 2 aromatic rings. The van der Waals surface area contributed by atoms with Gasteiger partial charge in [0.25, 0.3) is 0 Å². The van der Waals surface area contributed by atoms with Gasteiger partial charge >= 0.3 is 6.03 Å². The van der Waals surface area contributed by atoms with Crippen molar-refractivity contribution in [1.82, 2.24) is 19.8 Å². The van der Waals surface area contributed by atoms with Gasteiger partial charge in [-0.3, -0.25) is 9.69 Å². The van der Waals surface area contributed by atoms with Gasteiger partial charge in [-0.05, 0) is 25.0 Å². The van der Waals surface area contributed by atoms with Gasteiger partial charge in [0.05, 0.1) is 16.8 Å². The van der Waals surface area contributed by atoms with E-state index in [2.05, 4.69) is 16.0 Å². The summed E-state index contributed by atoms with van der Waals surface area (Å²) in [5, 5.41) is 3.56. The van der Waals surface area contributed by atoms with Crippen LogP contribution in [0.25, 0.3) is 11.0 Å². The summed E-state index contributed by atoms with van der Waals surface area (Å²) in [6, 6.07) is 8.33. The number of urea groups is 1. The van der Waals surface area contributed by atoms with Crippen molar-refractivity contribution < 1.29 is 9.59 Å². The first kappa shape index (κ1) is 16.4. The first-order valence-corrected chi connectivity index (χ1v) is 9.90. The molecule has 0 atom stereocenters. The smallest absolute Gasteiger partial charge is 0.324 e. The molecule has 2 fully saturated rings. The van der Waals surface area contributed by atoms with Crippen LogP contribution in [0.3, 0.4) is 0 Å². The SMILES string of the molecule is O=C(CSc1nc2ccccc2n1C1CCCCC1)N1CCNC1=O. The molecule has 0 radical (unpaired) electrons. The predicted octanol–water partition coefficient (Wildman–Crippen LogP) is 3.19. The molecule has 1 saturated carbocycles. The Morgan fingerprint density at radius 3 is 2.80 bits per heavy atom. The number of fused-ring (bicyclic) bond motifs is 1. The van der Waals surface area contributed by atoms with Crippen LogP contribution in [-0.4, -0.2) is 45.2 Å². The van der Waals surface area contributed by atoms with E-state index in [1.54, 1.807) is 0 Å². The van der Waals surface area contributed by atoms with Crippen molar-refractivity contribution in [2.24, 2.45) is 0 Å². The molecular weight excluding hydrogens is 336 g/mol. The molecule has 0 unspecified atom stereocenters. The van der Waals surface area contributed by atoms with Crippen LogP contribution in [0.5, 0.6) is 0 Å². The summed E-state index contributed by atoms with van der Waals surface area (Å²) < 4.78 is 2.32. The predicted molar refractivity (Wildman–Crippen MR) is 97.7 cm³/mol. The van der Waals surface area contributed by atoms with Gasteiger partial charge < -0.3 is 9.88 Å². The van der Waals surface area contributed by atoms with E-state index in [1.807, 2.05) is 18.2 Å². The third kappa shape index (κ3) is 3.25. The molecule has 7 heteroatoms. The fourth-order valence-corrected chi connectivity index (χ4v) is 4.69. The van der Waals surface area contributed by atoms with Crippen LogP contribution in [0.15, 0.2) is 29.4 Å². The number of imide groups is 1. The molecule has 1 aliphatic carbocycles. The Morgan fingerprint density at radius 2 is 2.04 bits per heavy atom. The van der Waals surface area contributed by atoms with Crippen molar-refractivity contribution in [2.45, 2.75) is 43.3 Å². The number of aromatic nitrogens is 2. The fourth-order valence-electron chi connectivity index (χ4n) is 3.73. The summed E-state index contributed by atoms with van der Waals surface area (Å²) >= 11 is 1.44. The van der Waals surface area contributed by atoms with E-state index in [0.29, 0.717) is 19.1 Å². The van der Waals surface area contributed by atoms with Crippen LogP contribution >= 0.6 is 11.8 Å².